The molecule has 0 bridgehead atoms. The molecule has 1 heterocycles. The van der Waals surface area contributed by atoms with E-state index in [1.54, 1.807) is 30.7 Å². The van der Waals surface area contributed by atoms with Gasteiger partial charge in [-0.3, -0.25) is 10.0 Å². The van der Waals surface area contributed by atoms with E-state index in [1.165, 1.54) is 6.07 Å². The second-order valence-corrected chi connectivity index (χ2v) is 6.62. The monoisotopic (exact) mass is 327 g/mol. The van der Waals surface area contributed by atoms with Gasteiger partial charge in [0.15, 0.2) is 0 Å². The van der Waals surface area contributed by atoms with Gasteiger partial charge in [-0.25, -0.2) is 19.8 Å². The number of hydrogen-bond acceptors (Lipinski definition) is 4. The maximum Gasteiger partial charge on any atom is 0.258 e. The van der Waals surface area contributed by atoms with Crippen LogP contribution in [0.2, 0.25) is 0 Å². The number of amides is 1. The summed E-state index contributed by atoms with van der Waals surface area (Å²) < 4.78 is 14.1. The minimum atomic E-state index is -1.15. The summed E-state index contributed by atoms with van der Waals surface area (Å²) in [5, 5.41) is 9.33. The van der Waals surface area contributed by atoms with E-state index in [1.807, 2.05) is 0 Å². The van der Waals surface area contributed by atoms with Crippen LogP contribution in [0.3, 0.4) is 0 Å². The second-order valence-electron chi connectivity index (χ2n) is 6.62. The third-order valence-electron chi connectivity index (χ3n) is 5.24. The molecular weight excluding hydrogens is 309 g/mol. The Bertz CT molecular complexity index is 835. The Labute approximate surface area is 138 Å². The van der Waals surface area contributed by atoms with Gasteiger partial charge in [0.05, 0.1) is 0 Å². The lowest BCUT2D eigenvalue weighted by Crippen LogP contribution is -2.43. The molecule has 124 valence electrons. The molecule has 1 saturated carbocycles. The van der Waals surface area contributed by atoms with Crippen molar-refractivity contribution in [3.05, 3.63) is 58.4 Å². The van der Waals surface area contributed by atoms with Gasteiger partial charge >= 0.3 is 0 Å². The maximum absolute atomic E-state index is 14.1. The van der Waals surface area contributed by atoms with E-state index in [0.29, 0.717) is 35.4 Å². The van der Waals surface area contributed by atoms with Gasteiger partial charge in [0.2, 0.25) is 0 Å². The average Bonchev–Trinajstić information content (AvgIpc) is 3.38. The number of benzene rings is 1. The average molecular weight is 327 g/mol. The van der Waals surface area contributed by atoms with Crippen molar-refractivity contribution in [2.45, 2.75) is 43.9 Å². The molecule has 0 unspecified atom stereocenters. The molecule has 1 atom stereocenters. The minimum absolute atomic E-state index is 0.374. The van der Waals surface area contributed by atoms with Crippen LogP contribution in [0.5, 0.6) is 0 Å². The zero-order valence-corrected chi connectivity index (χ0v) is 13.3. The summed E-state index contributed by atoms with van der Waals surface area (Å²) in [7, 11) is 0. The molecule has 0 spiro atoms. The second kappa shape index (κ2) is 5.34. The van der Waals surface area contributed by atoms with E-state index in [0.717, 1.165) is 24.4 Å². The topological polar surface area (TPSA) is 75.1 Å². The van der Waals surface area contributed by atoms with Gasteiger partial charge in [0, 0.05) is 23.4 Å². The Morgan fingerprint density at radius 1 is 1.38 bits per heavy atom. The number of nitrogens with zero attached hydrogens (tertiary/aromatic N) is 2. The van der Waals surface area contributed by atoms with Crippen molar-refractivity contribution >= 4 is 5.91 Å². The number of hydrogen-bond donors (Lipinski definition) is 2. The van der Waals surface area contributed by atoms with Crippen LogP contribution in [0.4, 0.5) is 4.39 Å². The van der Waals surface area contributed by atoms with Crippen LogP contribution in [-0.4, -0.2) is 21.1 Å². The number of fused-ring (bicyclic) bond motifs is 1. The van der Waals surface area contributed by atoms with E-state index in [2.05, 4.69) is 9.97 Å². The van der Waals surface area contributed by atoms with Crippen LogP contribution in [0, 0.1) is 12.7 Å². The summed E-state index contributed by atoms with van der Waals surface area (Å²) in [5.41, 5.74) is 3.04. The van der Waals surface area contributed by atoms with Gasteiger partial charge in [-0.05, 0) is 49.8 Å². The summed E-state index contributed by atoms with van der Waals surface area (Å²) in [5.74, 6) is 0.303. The highest BCUT2D eigenvalue weighted by Gasteiger charge is 2.49. The zero-order valence-electron chi connectivity index (χ0n) is 13.3. The predicted molar refractivity (Wildman–Crippen MR) is 84.2 cm³/mol. The molecule has 2 aliphatic rings. The first-order valence-electron chi connectivity index (χ1n) is 8.14. The van der Waals surface area contributed by atoms with Crippen molar-refractivity contribution in [2.75, 3.05) is 0 Å². The fourth-order valence-electron chi connectivity index (χ4n) is 3.76. The molecule has 1 amide bonds. The normalized spacial score (nSPS) is 22.3. The Hall–Kier alpha value is -2.34. The highest BCUT2D eigenvalue weighted by Crippen LogP contribution is 2.46. The van der Waals surface area contributed by atoms with Crippen LogP contribution in [0.25, 0.3) is 0 Å². The lowest BCUT2D eigenvalue weighted by molar-refractivity contribution is -0.133. The van der Waals surface area contributed by atoms with E-state index in [-0.39, 0.29) is 5.82 Å². The maximum atomic E-state index is 14.1. The number of nitrogens with one attached hydrogen (secondary N) is 1. The first kappa shape index (κ1) is 15.2. The Kier molecular flexibility index (Phi) is 3.38. The molecule has 0 saturated heterocycles. The molecule has 6 heteroatoms. The molecule has 0 radical (unpaired) electrons. The molecular formula is C18H18FN3O2. The fraction of sp³-hybridized carbons (Fsp3) is 0.389. The Morgan fingerprint density at radius 3 is 2.88 bits per heavy atom. The smallest absolute Gasteiger partial charge is 0.258 e. The van der Waals surface area contributed by atoms with Gasteiger partial charge in [-0.2, -0.15) is 0 Å². The molecule has 1 aromatic carbocycles. The molecule has 0 aliphatic heterocycles. The van der Waals surface area contributed by atoms with Gasteiger partial charge < -0.3 is 0 Å². The lowest BCUT2D eigenvalue weighted by Gasteiger charge is -2.29. The summed E-state index contributed by atoms with van der Waals surface area (Å²) in [4.78, 5) is 21.7. The third kappa shape index (κ3) is 2.06. The number of rotatable bonds is 3. The van der Waals surface area contributed by atoms with Gasteiger partial charge in [-0.1, -0.05) is 12.1 Å². The molecule has 2 aliphatic carbocycles. The molecule has 24 heavy (non-hydrogen) atoms. The Balaban J connectivity index is 1.92. The van der Waals surface area contributed by atoms with Crippen molar-refractivity contribution in [3.8, 4) is 0 Å². The van der Waals surface area contributed by atoms with Crippen LogP contribution in [-0.2, 0) is 16.6 Å². The van der Waals surface area contributed by atoms with Crippen LogP contribution in [0.1, 0.15) is 53.4 Å². The molecule has 2 N–H and O–H groups in total. The lowest BCUT2D eigenvalue weighted by atomic mass is 9.73. The first-order valence-corrected chi connectivity index (χ1v) is 8.14. The van der Waals surface area contributed by atoms with Gasteiger partial charge in [0.1, 0.15) is 17.1 Å². The number of carbonyl (C=O) groups excluding carboxylic acids is 1. The predicted octanol–water partition coefficient (Wildman–Crippen LogP) is 2.54. The van der Waals surface area contributed by atoms with E-state index < -0.39 is 11.3 Å². The number of carbonyl (C=O) groups is 1. The zero-order chi connectivity index (χ0) is 16.9. The highest BCUT2D eigenvalue weighted by atomic mass is 19.1. The summed E-state index contributed by atoms with van der Waals surface area (Å²) in [6.45, 7) is 1.65. The largest absolute Gasteiger partial charge is 0.289 e. The number of aromatic nitrogens is 2. The van der Waals surface area contributed by atoms with E-state index in [4.69, 9.17) is 0 Å². The van der Waals surface area contributed by atoms with Crippen LogP contribution >= 0.6 is 0 Å². The van der Waals surface area contributed by atoms with E-state index in [9.17, 15) is 14.4 Å². The molecule has 5 nitrogen and oxygen atoms in total. The molecule has 4 rings (SSSR count). The quantitative estimate of drug-likeness (QED) is 0.671. The molecule has 2 aromatic rings. The summed E-state index contributed by atoms with van der Waals surface area (Å²) in [6, 6.07) is 4.69. The van der Waals surface area contributed by atoms with Crippen molar-refractivity contribution < 1.29 is 14.4 Å². The summed E-state index contributed by atoms with van der Waals surface area (Å²) in [6.07, 6.45) is 4.92. The number of halogens is 1. The molecule has 1 aromatic heterocycles. The van der Waals surface area contributed by atoms with Crippen LogP contribution in [0.15, 0.2) is 24.4 Å². The standard InChI is InChI=1S/C18H18FN3O2/c1-10-12(3-2-4-14(10)19)18(17(23)22-24)8-7-15-13(18)9-20-16(21-15)11-5-6-11/h2-4,9,11,24H,5-8H2,1H3,(H,22,23)/t18-/m1/s1. The third-order valence-corrected chi connectivity index (χ3v) is 5.24. The highest BCUT2D eigenvalue weighted by molar-refractivity contribution is 5.92. The number of hydroxylamine groups is 1. The van der Waals surface area contributed by atoms with Crippen molar-refractivity contribution in [2.24, 2.45) is 0 Å². The fourth-order valence-corrected chi connectivity index (χ4v) is 3.76. The Morgan fingerprint density at radius 2 is 2.17 bits per heavy atom. The molecule has 1 fully saturated rings. The van der Waals surface area contributed by atoms with Crippen LogP contribution < -0.4 is 5.48 Å². The van der Waals surface area contributed by atoms with Crippen molar-refractivity contribution in [1.29, 1.82) is 0 Å². The summed E-state index contributed by atoms with van der Waals surface area (Å²) >= 11 is 0. The van der Waals surface area contributed by atoms with Crippen molar-refractivity contribution in [1.82, 2.24) is 15.4 Å². The van der Waals surface area contributed by atoms with E-state index >= 15 is 0 Å². The van der Waals surface area contributed by atoms with Crippen molar-refractivity contribution in [3.63, 3.8) is 0 Å². The minimum Gasteiger partial charge on any atom is -0.289 e. The SMILES string of the molecule is Cc1c(F)cccc1[C@]1(C(=O)NO)CCc2nc(C3CC3)ncc21. The van der Waals surface area contributed by atoms with Gasteiger partial charge in [0.25, 0.3) is 5.91 Å². The van der Waals surface area contributed by atoms with Gasteiger partial charge in [-0.15, -0.1) is 0 Å². The number of aryl methyl sites for hydroxylation is 1. The first-order chi connectivity index (χ1) is 11.6.